The van der Waals surface area contributed by atoms with Crippen molar-refractivity contribution in [3.8, 4) is 11.6 Å². The van der Waals surface area contributed by atoms with Gasteiger partial charge in [-0.15, -0.1) is 0 Å². The predicted octanol–water partition coefficient (Wildman–Crippen LogP) is 2.73. The largest absolute Gasteiger partial charge is 0.491 e. The zero-order valence-electron chi connectivity index (χ0n) is 11.6. The van der Waals surface area contributed by atoms with E-state index in [1.165, 1.54) is 0 Å². The van der Waals surface area contributed by atoms with Crippen LogP contribution < -0.4 is 14.8 Å². The summed E-state index contributed by atoms with van der Waals surface area (Å²) in [5, 5.41) is 3.38. The fraction of sp³-hybridized carbons (Fsp3) is 0.333. The molecular weight excluding hydrogens is 254 g/mol. The molecule has 0 amide bonds. The van der Waals surface area contributed by atoms with Crippen LogP contribution in [0.5, 0.6) is 11.6 Å². The number of ether oxygens (including phenoxy) is 2. The summed E-state index contributed by atoms with van der Waals surface area (Å²) in [7, 11) is 0. The number of para-hydroxylation sites is 1. The SMILES string of the molecule is CCOc1cc(NC2COc3ccccc32)nc(C)n1. The number of hydrogen-bond acceptors (Lipinski definition) is 5. The molecule has 2 heterocycles. The molecular formula is C15H17N3O2. The zero-order valence-corrected chi connectivity index (χ0v) is 11.6. The molecule has 1 atom stereocenters. The van der Waals surface area contributed by atoms with E-state index in [-0.39, 0.29) is 6.04 Å². The summed E-state index contributed by atoms with van der Waals surface area (Å²) in [6.07, 6.45) is 0. The van der Waals surface area contributed by atoms with Crippen molar-refractivity contribution in [2.45, 2.75) is 19.9 Å². The molecule has 0 bridgehead atoms. The first-order valence-electron chi connectivity index (χ1n) is 6.73. The first-order valence-corrected chi connectivity index (χ1v) is 6.73. The number of benzene rings is 1. The fourth-order valence-electron chi connectivity index (χ4n) is 2.30. The van der Waals surface area contributed by atoms with E-state index in [4.69, 9.17) is 9.47 Å². The molecule has 0 radical (unpaired) electrons. The van der Waals surface area contributed by atoms with Gasteiger partial charge in [0.15, 0.2) is 0 Å². The first kappa shape index (κ1) is 12.7. The maximum atomic E-state index is 5.65. The second-order valence-corrected chi connectivity index (χ2v) is 4.62. The summed E-state index contributed by atoms with van der Waals surface area (Å²) in [5.74, 6) is 2.97. The van der Waals surface area contributed by atoms with Crippen molar-refractivity contribution in [2.75, 3.05) is 18.5 Å². The van der Waals surface area contributed by atoms with E-state index in [0.717, 1.165) is 17.1 Å². The van der Waals surface area contributed by atoms with Crippen LogP contribution in [-0.2, 0) is 0 Å². The second kappa shape index (κ2) is 5.36. The van der Waals surface area contributed by atoms with Crippen LogP contribution in [0.2, 0.25) is 0 Å². The third-order valence-corrected chi connectivity index (χ3v) is 3.13. The van der Waals surface area contributed by atoms with Gasteiger partial charge in [0.2, 0.25) is 5.88 Å². The number of aryl methyl sites for hydroxylation is 1. The summed E-state index contributed by atoms with van der Waals surface area (Å²) >= 11 is 0. The van der Waals surface area contributed by atoms with E-state index in [1.807, 2.05) is 38.1 Å². The van der Waals surface area contributed by atoms with Gasteiger partial charge < -0.3 is 14.8 Å². The van der Waals surface area contributed by atoms with Gasteiger partial charge >= 0.3 is 0 Å². The standard InChI is InChI=1S/C15H17N3O2/c1-3-19-15-8-14(16-10(2)17-15)18-12-9-20-13-7-5-4-6-11(12)13/h4-8,12H,3,9H2,1-2H3,(H,16,17,18). The van der Waals surface area contributed by atoms with Gasteiger partial charge in [-0.3, -0.25) is 0 Å². The number of hydrogen-bond donors (Lipinski definition) is 1. The maximum Gasteiger partial charge on any atom is 0.218 e. The average molecular weight is 271 g/mol. The molecule has 1 N–H and O–H groups in total. The molecule has 20 heavy (non-hydrogen) atoms. The molecule has 0 aliphatic carbocycles. The molecule has 0 saturated carbocycles. The normalized spacial score (nSPS) is 16.4. The molecule has 1 aliphatic heterocycles. The highest BCUT2D eigenvalue weighted by atomic mass is 16.5. The highest BCUT2D eigenvalue weighted by molar-refractivity contribution is 5.47. The Morgan fingerprint density at radius 2 is 2.20 bits per heavy atom. The van der Waals surface area contributed by atoms with E-state index in [2.05, 4.69) is 21.4 Å². The smallest absolute Gasteiger partial charge is 0.218 e. The van der Waals surface area contributed by atoms with Crippen LogP contribution in [0.15, 0.2) is 30.3 Å². The lowest BCUT2D eigenvalue weighted by molar-refractivity contribution is 0.325. The van der Waals surface area contributed by atoms with Gasteiger partial charge in [0.05, 0.1) is 12.6 Å². The lowest BCUT2D eigenvalue weighted by atomic mass is 10.1. The lowest BCUT2D eigenvalue weighted by Crippen LogP contribution is -2.13. The minimum absolute atomic E-state index is 0.106. The molecule has 1 aromatic heterocycles. The number of aromatic nitrogens is 2. The number of fused-ring (bicyclic) bond motifs is 1. The van der Waals surface area contributed by atoms with Gasteiger partial charge in [-0.25, -0.2) is 4.98 Å². The highest BCUT2D eigenvalue weighted by Gasteiger charge is 2.23. The minimum atomic E-state index is 0.106. The minimum Gasteiger partial charge on any atom is -0.491 e. The predicted molar refractivity (Wildman–Crippen MR) is 76.2 cm³/mol. The highest BCUT2D eigenvalue weighted by Crippen LogP contribution is 2.33. The Morgan fingerprint density at radius 3 is 3.05 bits per heavy atom. The third kappa shape index (κ3) is 2.52. The molecule has 3 rings (SSSR count). The van der Waals surface area contributed by atoms with Gasteiger partial charge in [-0.2, -0.15) is 4.98 Å². The molecule has 2 aromatic rings. The number of rotatable bonds is 4. The van der Waals surface area contributed by atoms with Crippen molar-refractivity contribution in [1.82, 2.24) is 9.97 Å². The zero-order chi connectivity index (χ0) is 13.9. The van der Waals surface area contributed by atoms with E-state index in [1.54, 1.807) is 0 Å². The van der Waals surface area contributed by atoms with E-state index >= 15 is 0 Å². The topological polar surface area (TPSA) is 56.3 Å². The van der Waals surface area contributed by atoms with Gasteiger partial charge in [-0.05, 0) is 19.9 Å². The molecule has 104 valence electrons. The Hall–Kier alpha value is -2.30. The van der Waals surface area contributed by atoms with Gasteiger partial charge in [0.25, 0.3) is 0 Å². The van der Waals surface area contributed by atoms with Crippen molar-refractivity contribution >= 4 is 5.82 Å². The molecule has 5 heteroatoms. The van der Waals surface area contributed by atoms with Crippen molar-refractivity contribution in [2.24, 2.45) is 0 Å². The second-order valence-electron chi connectivity index (χ2n) is 4.62. The molecule has 0 fully saturated rings. The number of nitrogens with one attached hydrogen (secondary N) is 1. The Kier molecular flexibility index (Phi) is 3.41. The van der Waals surface area contributed by atoms with E-state index < -0.39 is 0 Å². The Balaban J connectivity index is 1.82. The fourth-order valence-corrected chi connectivity index (χ4v) is 2.30. The molecule has 1 aliphatic rings. The lowest BCUT2D eigenvalue weighted by Gasteiger charge is -2.13. The van der Waals surface area contributed by atoms with Crippen LogP contribution >= 0.6 is 0 Å². The van der Waals surface area contributed by atoms with Crippen LogP contribution in [-0.4, -0.2) is 23.2 Å². The molecule has 5 nitrogen and oxygen atoms in total. The summed E-state index contributed by atoms with van der Waals surface area (Å²) in [6, 6.07) is 9.96. The van der Waals surface area contributed by atoms with Gasteiger partial charge in [0, 0.05) is 11.6 Å². The Bertz CT molecular complexity index is 616. The average Bonchev–Trinajstić information content (AvgIpc) is 2.82. The van der Waals surface area contributed by atoms with E-state index in [0.29, 0.717) is 24.9 Å². The first-order chi connectivity index (χ1) is 9.76. The van der Waals surface area contributed by atoms with E-state index in [9.17, 15) is 0 Å². The molecule has 1 unspecified atom stereocenters. The van der Waals surface area contributed by atoms with Crippen molar-refractivity contribution in [3.05, 3.63) is 41.7 Å². The molecule has 0 saturated heterocycles. The quantitative estimate of drug-likeness (QED) is 0.926. The van der Waals surface area contributed by atoms with Crippen LogP contribution in [0.1, 0.15) is 24.4 Å². The van der Waals surface area contributed by atoms with Crippen molar-refractivity contribution in [3.63, 3.8) is 0 Å². The molecule has 0 spiro atoms. The molecule has 1 aromatic carbocycles. The summed E-state index contributed by atoms with van der Waals surface area (Å²) in [5.41, 5.74) is 1.15. The summed E-state index contributed by atoms with van der Waals surface area (Å²) in [4.78, 5) is 8.63. The Labute approximate surface area is 118 Å². The van der Waals surface area contributed by atoms with Crippen molar-refractivity contribution < 1.29 is 9.47 Å². The monoisotopic (exact) mass is 271 g/mol. The van der Waals surface area contributed by atoms with Gasteiger partial charge in [0.1, 0.15) is 24.0 Å². The summed E-state index contributed by atoms with van der Waals surface area (Å²) in [6.45, 7) is 4.98. The summed E-state index contributed by atoms with van der Waals surface area (Å²) < 4.78 is 11.1. The van der Waals surface area contributed by atoms with Crippen molar-refractivity contribution in [1.29, 1.82) is 0 Å². The third-order valence-electron chi connectivity index (χ3n) is 3.13. The maximum absolute atomic E-state index is 5.65. The van der Waals surface area contributed by atoms with Crippen LogP contribution in [0.4, 0.5) is 5.82 Å². The van der Waals surface area contributed by atoms with Crippen LogP contribution in [0.3, 0.4) is 0 Å². The van der Waals surface area contributed by atoms with Crippen LogP contribution in [0, 0.1) is 6.92 Å². The number of nitrogens with zero attached hydrogens (tertiary/aromatic N) is 2. The van der Waals surface area contributed by atoms with Crippen LogP contribution in [0.25, 0.3) is 0 Å². The number of anilines is 1. The Morgan fingerprint density at radius 1 is 1.35 bits per heavy atom. The van der Waals surface area contributed by atoms with Gasteiger partial charge in [-0.1, -0.05) is 18.2 Å².